The average molecular weight is 337 g/mol. The number of piperazine rings is 1. The van der Waals surface area contributed by atoms with Crippen molar-refractivity contribution >= 4 is 11.8 Å². The van der Waals surface area contributed by atoms with Crippen LogP contribution in [-0.4, -0.2) is 63.3 Å². The lowest BCUT2D eigenvalue weighted by molar-refractivity contribution is 0.0441. The van der Waals surface area contributed by atoms with Gasteiger partial charge < -0.3 is 0 Å². The number of hydrogen-bond acceptors (Lipinski definition) is 4. The van der Waals surface area contributed by atoms with Crippen LogP contribution in [-0.2, 0) is 13.1 Å². The molecule has 2 saturated heterocycles. The Morgan fingerprint density at radius 1 is 1.35 bits per heavy atom. The largest absolute Gasteiger partial charge is 0.298 e. The van der Waals surface area contributed by atoms with Gasteiger partial charge in [0, 0.05) is 49.5 Å². The van der Waals surface area contributed by atoms with E-state index in [1.54, 1.807) is 0 Å². The van der Waals surface area contributed by atoms with E-state index in [2.05, 4.69) is 45.9 Å². The molecule has 0 spiro atoms. The molecule has 4 nitrogen and oxygen atoms in total. The van der Waals surface area contributed by atoms with Crippen molar-refractivity contribution in [1.29, 1.82) is 0 Å². The molecule has 0 N–H and O–H groups in total. The fourth-order valence-electron chi connectivity index (χ4n) is 4.17. The third-order valence-corrected chi connectivity index (χ3v) is 6.22. The summed E-state index contributed by atoms with van der Waals surface area (Å²) in [5.41, 5.74) is 2.79. The van der Waals surface area contributed by atoms with Crippen molar-refractivity contribution in [3.63, 3.8) is 0 Å². The maximum absolute atomic E-state index is 4.60. The van der Waals surface area contributed by atoms with Gasteiger partial charge in [0.05, 0.1) is 6.20 Å². The lowest BCUT2D eigenvalue weighted by Gasteiger charge is -2.44. The summed E-state index contributed by atoms with van der Waals surface area (Å²) in [6.07, 6.45) is 9.58. The quantitative estimate of drug-likeness (QED) is 0.764. The van der Waals surface area contributed by atoms with Crippen molar-refractivity contribution in [3.8, 4) is 0 Å². The monoisotopic (exact) mass is 336 g/mol. The predicted octanol–water partition coefficient (Wildman–Crippen LogP) is 3.00. The third kappa shape index (κ3) is 3.94. The highest BCUT2D eigenvalue weighted by Gasteiger charge is 2.36. The fourth-order valence-corrected chi connectivity index (χ4v) is 4.67. The van der Waals surface area contributed by atoms with Crippen LogP contribution in [0.25, 0.3) is 0 Å². The van der Waals surface area contributed by atoms with Crippen molar-refractivity contribution in [2.75, 3.05) is 31.6 Å². The minimum absolute atomic E-state index is 0.714. The van der Waals surface area contributed by atoms with Gasteiger partial charge in [-0.3, -0.25) is 14.5 Å². The minimum Gasteiger partial charge on any atom is -0.298 e. The second-order valence-corrected chi connectivity index (χ2v) is 8.12. The number of rotatable bonds is 7. The van der Waals surface area contributed by atoms with Crippen molar-refractivity contribution in [2.24, 2.45) is 0 Å². The van der Waals surface area contributed by atoms with E-state index in [0.29, 0.717) is 6.04 Å². The lowest BCUT2D eigenvalue weighted by atomic mass is 10.0. The van der Waals surface area contributed by atoms with Gasteiger partial charge in [-0.15, -0.1) is 0 Å². The van der Waals surface area contributed by atoms with Crippen LogP contribution < -0.4 is 0 Å². The predicted molar refractivity (Wildman–Crippen MR) is 99.0 cm³/mol. The van der Waals surface area contributed by atoms with E-state index in [4.69, 9.17) is 0 Å². The molecule has 0 aromatic carbocycles. The molecule has 0 bridgehead atoms. The zero-order valence-electron chi connectivity index (χ0n) is 15.0. The highest BCUT2D eigenvalue weighted by molar-refractivity contribution is 7.98. The average Bonchev–Trinajstić information content (AvgIpc) is 3.14. The summed E-state index contributed by atoms with van der Waals surface area (Å²) in [5.74, 6) is 1.27. The molecule has 2 fully saturated rings. The van der Waals surface area contributed by atoms with E-state index in [-0.39, 0.29) is 0 Å². The molecule has 3 heterocycles. The zero-order valence-corrected chi connectivity index (χ0v) is 15.8. The zero-order chi connectivity index (χ0) is 16.2. The second-order valence-electron chi connectivity index (χ2n) is 7.13. The van der Waals surface area contributed by atoms with E-state index in [1.807, 2.05) is 11.8 Å². The van der Waals surface area contributed by atoms with Crippen LogP contribution in [0.15, 0.2) is 6.20 Å². The second kappa shape index (κ2) is 8.04. The summed E-state index contributed by atoms with van der Waals surface area (Å²) in [6.45, 7) is 10.4. The maximum Gasteiger partial charge on any atom is 0.0537 e. The summed E-state index contributed by atoms with van der Waals surface area (Å²) >= 11 is 1.98. The first kappa shape index (κ1) is 17.3. The molecule has 1 aromatic heterocycles. The molecule has 0 amide bonds. The Kier molecular flexibility index (Phi) is 6.05. The molecule has 0 unspecified atom stereocenters. The maximum atomic E-state index is 4.60. The minimum atomic E-state index is 0.714. The Morgan fingerprint density at radius 3 is 3.00 bits per heavy atom. The number of nitrogens with zero attached hydrogens (tertiary/aromatic N) is 4. The lowest BCUT2D eigenvalue weighted by Crippen LogP contribution is -2.55. The van der Waals surface area contributed by atoms with Gasteiger partial charge in [-0.1, -0.05) is 6.92 Å². The highest BCUT2D eigenvalue weighted by atomic mass is 32.2. The Hall–Kier alpha value is -0.520. The van der Waals surface area contributed by atoms with Crippen LogP contribution in [0.2, 0.25) is 0 Å². The highest BCUT2D eigenvalue weighted by Crippen LogP contribution is 2.28. The van der Waals surface area contributed by atoms with E-state index in [0.717, 1.165) is 25.6 Å². The number of thioether (sulfide) groups is 1. The molecule has 23 heavy (non-hydrogen) atoms. The van der Waals surface area contributed by atoms with Crippen molar-refractivity contribution in [1.82, 2.24) is 19.6 Å². The third-order valence-electron chi connectivity index (χ3n) is 5.57. The van der Waals surface area contributed by atoms with Crippen molar-refractivity contribution < 1.29 is 0 Å². The van der Waals surface area contributed by atoms with Gasteiger partial charge in [-0.25, -0.2) is 0 Å². The van der Waals surface area contributed by atoms with Crippen LogP contribution in [0.5, 0.6) is 0 Å². The van der Waals surface area contributed by atoms with Crippen LogP contribution >= 0.6 is 11.8 Å². The Labute approximate surface area is 145 Å². The van der Waals surface area contributed by atoms with Crippen LogP contribution in [0.4, 0.5) is 0 Å². The van der Waals surface area contributed by atoms with Crippen LogP contribution in [0.1, 0.15) is 43.9 Å². The molecule has 1 aromatic rings. The summed E-state index contributed by atoms with van der Waals surface area (Å²) in [6, 6.07) is 1.51. The van der Waals surface area contributed by atoms with Crippen LogP contribution in [0, 0.1) is 6.92 Å². The van der Waals surface area contributed by atoms with Gasteiger partial charge in [0.15, 0.2) is 0 Å². The van der Waals surface area contributed by atoms with Gasteiger partial charge >= 0.3 is 0 Å². The van der Waals surface area contributed by atoms with Crippen LogP contribution in [0.3, 0.4) is 0 Å². The molecule has 5 heteroatoms. The first-order valence-corrected chi connectivity index (χ1v) is 10.6. The fraction of sp³-hybridized carbons (Fsp3) is 0.833. The first-order chi connectivity index (χ1) is 11.2. The van der Waals surface area contributed by atoms with E-state index >= 15 is 0 Å². The Balaban J connectivity index is 1.69. The van der Waals surface area contributed by atoms with E-state index < -0.39 is 0 Å². The molecule has 0 saturated carbocycles. The molecule has 0 radical (unpaired) electrons. The topological polar surface area (TPSA) is 24.3 Å². The molecule has 130 valence electrons. The number of fused-ring (bicyclic) bond motifs is 1. The Morgan fingerprint density at radius 2 is 2.22 bits per heavy atom. The summed E-state index contributed by atoms with van der Waals surface area (Å²) in [5, 5.41) is 4.60. The molecule has 2 aliphatic heterocycles. The first-order valence-electron chi connectivity index (χ1n) is 9.21. The summed E-state index contributed by atoms with van der Waals surface area (Å²) in [4.78, 5) is 5.50. The normalized spacial score (nSPS) is 25.9. The summed E-state index contributed by atoms with van der Waals surface area (Å²) in [7, 11) is 0. The van der Waals surface area contributed by atoms with Crippen molar-refractivity contribution in [2.45, 2.75) is 64.7 Å². The number of aromatic nitrogens is 2. The SMILES string of the molecule is CCCn1ncc(CN2C[C@@H]3CCCN3C[C@H]2CCSC)c1C. The molecule has 2 aliphatic rings. The molecule has 3 rings (SSSR count). The summed E-state index contributed by atoms with van der Waals surface area (Å²) < 4.78 is 2.18. The smallest absolute Gasteiger partial charge is 0.0537 e. The van der Waals surface area contributed by atoms with Gasteiger partial charge in [0.2, 0.25) is 0 Å². The van der Waals surface area contributed by atoms with E-state index in [9.17, 15) is 0 Å². The molecule has 2 atom stereocenters. The van der Waals surface area contributed by atoms with Gasteiger partial charge in [0.25, 0.3) is 0 Å². The number of hydrogen-bond donors (Lipinski definition) is 0. The molecular formula is C18H32N4S. The number of aryl methyl sites for hydroxylation is 1. The Bertz CT molecular complexity index is 501. The van der Waals surface area contributed by atoms with Gasteiger partial charge in [0.1, 0.15) is 0 Å². The van der Waals surface area contributed by atoms with Gasteiger partial charge in [-0.05, 0) is 51.2 Å². The standard InChI is InChI=1S/C18H32N4S/c1-4-8-22-15(2)16(11-19-22)12-21-14-17-6-5-9-20(17)13-18(21)7-10-23-3/h11,17-18H,4-10,12-14H2,1-3H3/t17-,18+/m0/s1. The van der Waals surface area contributed by atoms with Gasteiger partial charge in [-0.2, -0.15) is 16.9 Å². The molecular weight excluding hydrogens is 304 g/mol. The van der Waals surface area contributed by atoms with E-state index in [1.165, 1.54) is 55.9 Å². The molecule has 0 aliphatic carbocycles. The van der Waals surface area contributed by atoms with Crippen molar-refractivity contribution in [3.05, 3.63) is 17.5 Å².